The summed E-state index contributed by atoms with van der Waals surface area (Å²) in [5, 5.41) is 0. The third kappa shape index (κ3) is 2.88. The lowest BCUT2D eigenvalue weighted by Crippen LogP contribution is -2.47. The molecule has 1 N–H and O–H groups in total. The van der Waals surface area contributed by atoms with Gasteiger partial charge in [0, 0.05) is 17.8 Å². The summed E-state index contributed by atoms with van der Waals surface area (Å²) in [6, 6.07) is 10.4. The minimum atomic E-state index is -0.315. The van der Waals surface area contributed by atoms with Gasteiger partial charge in [-0.1, -0.05) is 12.1 Å². The second-order valence-corrected chi connectivity index (χ2v) is 7.20. The molecule has 1 amide bonds. The molecule has 2 aliphatic heterocycles. The van der Waals surface area contributed by atoms with Crippen LogP contribution < -0.4 is 5.56 Å². The van der Waals surface area contributed by atoms with E-state index in [-0.39, 0.29) is 34.9 Å². The van der Waals surface area contributed by atoms with E-state index in [2.05, 4.69) is 4.98 Å². The predicted octanol–water partition coefficient (Wildman–Crippen LogP) is 3.37. The summed E-state index contributed by atoms with van der Waals surface area (Å²) in [5.41, 5.74) is 1.80. The Hall–Kier alpha value is -2.43. The van der Waals surface area contributed by atoms with Crippen molar-refractivity contribution in [2.75, 3.05) is 0 Å². The van der Waals surface area contributed by atoms with Gasteiger partial charge in [-0.25, -0.2) is 4.39 Å². The largest absolute Gasteiger partial charge is 0.332 e. The fourth-order valence-electron chi connectivity index (χ4n) is 4.40. The van der Waals surface area contributed by atoms with E-state index in [9.17, 15) is 14.0 Å². The van der Waals surface area contributed by atoms with Crippen LogP contribution in [0, 0.1) is 12.7 Å². The van der Waals surface area contributed by atoms with E-state index in [1.54, 1.807) is 19.1 Å². The molecule has 1 aromatic carbocycles. The number of carbonyl (C=O) groups is 1. The number of nitrogens with one attached hydrogen (secondary N) is 1. The second kappa shape index (κ2) is 6.14. The zero-order valence-electron chi connectivity index (χ0n) is 14.2. The van der Waals surface area contributed by atoms with Crippen molar-refractivity contribution in [3.63, 3.8) is 0 Å². The van der Waals surface area contributed by atoms with Gasteiger partial charge in [0.25, 0.3) is 11.5 Å². The first-order chi connectivity index (χ1) is 12.0. The van der Waals surface area contributed by atoms with Crippen LogP contribution >= 0.6 is 0 Å². The lowest BCUT2D eigenvalue weighted by molar-refractivity contribution is 0.0569. The number of halogens is 1. The Morgan fingerprint density at radius 2 is 1.72 bits per heavy atom. The fraction of sp³-hybridized carbons (Fsp3) is 0.400. The molecule has 5 heteroatoms. The monoisotopic (exact) mass is 340 g/mol. The van der Waals surface area contributed by atoms with Gasteiger partial charge in [-0.3, -0.25) is 9.59 Å². The first-order valence-corrected chi connectivity index (χ1v) is 8.81. The van der Waals surface area contributed by atoms with E-state index in [0.29, 0.717) is 5.92 Å². The number of aromatic nitrogens is 1. The maximum atomic E-state index is 13.2. The van der Waals surface area contributed by atoms with Crippen LogP contribution in [0.3, 0.4) is 0 Å². The van der Waals surface area contributed by atoms with Gasteiger partial charge in [-0.05, 0) is 68.4 Å². The number of nitrogens with zero attached hydrogens (tertiary/aromatic N) is 1. The molecule has 4 rings (SSSR count). The predicted molar refractivity (Wildman–Crippen MR) is 93.2 cm³/mol. The molecular weight excluding hydrogens is 319 g/mol. The first kappa shape index (κ1) is 16.1. The SMILES string of the molecule is Cc1ccc(C(=O)N2[C@@H]3CC[C@@H]2CC(c2ccc(F)cc2)C3)c(=O)[nH]1. The van der Waals surface area contributed by atoms with Crippen LogP contribution in [0.15, 0.2) is 41.2 Å². The smallest absolute Gasteiger partial charge is 0.260 e. The second-order valence-electron chi connectivity index (χ2n) is 7.20. The van der Waals surface area contributed by atoms with Crippen LogP contribution in [-0.2, 0) is 0 Å². The third-order valence-electron chi connectivity index (χ3n) is 5.59. The average Bonchev–Trinajstić information content (AvgIpc) is 2.85. The van der Waals surface area contributed by atoms with Gasteiger partial charge in [0.2, 0.25) is 0 Å². The van der Waals surface area contributed by atoms with Gasteiger partial charge in [0.1, 0.15) is 11.4 Å². The number of pyridine rings is 1. The van der Waals surface area contributed by atoms with Crippen LogP contribution in [0.2, 0.25) is 0 Å². The Morgan fingerprint density at radius 3 is 2.32 bits per heavy atom. The number of benzene rings is 1. The molecule has 0 spiro atoms. The molecule has 3 heterocycles. The zero-order valence-corrected chi connectivity index (χ0v) is 14.2. The average molecular weight is 340 g/mol. The minimum Gasteiger partial charge on any atom is -0.332 e. The number of rotatable bonds is 2. The van der Waals surface area contributed by atoms with Crippen molar-refractivity contribution in [2.45, 2.75) is 50.6 Å². The van der Waals surface area contributed by atoms with Crippen molar-refractivity contribution >= 4 is 5.91 Å². The Balaban J connectivity index is 1.57. The van der Waals surface area contributed by atoms with E-state index < -0.39 is 0 Å². The summed E-state index contributed by atoms with van der Waals surface area (Å²) in [6.07, 6.45) is 3.69. The first-order valence-electron chi connectivity index (χ1n) is 8.81. The number of piperidine rings is 1. The highest BCUT2D eigenvalue weighted by molar-refractivity contribution is 5.94. The standard InChI is InChI=1S/C20H21FN2O2/c1-12-2-9-18(19(24)22-12)20(25)23-16-7-8-17(23)11-14(10-16)13-3-5-15(21)6-4-13/h2-6,9,14,16-17H,7-8,10-11H2,1H3,(H,22,24)/t16-,17-/m1/s1. The molecule has 2 aromatic rings. The van der Waals surface area contributed by atoms with E-state index in [0.717, 1.165) is 36.9 Å². The van der Waals surface area contributed by atoms with E-state index >= 15 is 0 Å². The Bertz CT molecular complexity index is 845. The van der Waals surface area contributed by atoms with Crippen LogP contribution in [0.5, 0.6) is 0 Å². The molecule has 1 aromatic heterocycles. The van der Waals surface area contributed by atoms with Crippen molar-refractivity contribution < 1.29 is 9.18 Å². The number of hydrogen-bond donors (Lipinski definition) is 1. The van der Waals surface area contributed by atoms with Crippen molar-refractivity contribution in [3.05, 3.63) is 69.4 Å². The highest BCUT2D eigenvalue weighted by atomic mass is 19.1. The van der Waals surface area contributed by atoms with E-state index in [1.165, 1.54) is 12.1 Å². The summed E-state index contributed by atoms with van der Waals surface area (Å²) < 4.78 is 13.2. The maximum Gasteiger partial charge on any atom is 0.260 e. The summed E-state index contributed by atoms with van der Waals surface area (Å²) in [4.78, 5) is 29.7. The van der Waals surface area contributed by atoms with E-state index in [1.807, 2.05) is 17.0 Å². The van der Waals surface area contributed by atoms with Gasteiger partial charge in [0.05, 0.1) is 0 Å². The molecule has 2 saturated heterocycles. The van der Waals surface area contributed by atoms with Gasteiger partial charge in [-0.2, -0.15) is 0 Å². The summed E-state index contributed by atoms with van der Waals surface area (Å²) in [7, 11) is 0. The molecule has 25 heavy (non-hydrogen) atoms. The molecule has 2 atom stereocenters. The van der Waals surface area contributed by atoms with Gasteiger partial charge < -0.3 is 9.88 Å². The van der Waals surface area contributed by atoms with E-state index in [4.69, 9.17) is 0 Å². The molecule has 2 bridgehead atoms. The minimum absolute atomic E-state index is 0.155. The lowest BCUT2D eigenvalue weighted by Gasteiger charge is -2.39. The van der Waals surface area contributed by atoms with Crippen LogP contribution in [0.25, 0.3) is 0 Å². The molecule has 2 aliphatic rings. The molecule has 130 valence electrons. The number of carbonyl (C=O) groups excluding carboxylic acids is 1. The highest BCUT2D eigenvalue weighted by Crippen LogP contribution is 2.43. The van der Waals surface area contributed by atoms with Crippen molar-refractivity contribution in [1.29, 1.82) is 0 Å². The maximum absolute atomic E-state index is 13.2. The van der Waals surface area contributed by atoms with Gasteiger partial charge in [-0.15, -0.1) is 0 Å². The lowest BCUT2D eigenvalue weighted by atomic mass is 9.85. The van der Waals surface area contributed by atoms with Crippen molar-refractivity contribution in [2.24, 2.45) is 0 Å². The number of aromatic amines is 1. The number of amides is 1. The summed E-state index contributed by atoms with van der Waals surface area (Å²) in [6.45, 7) is 1.80. The molecule has 0 saturated carbocycles. The topological polar surface area (TPSA) is 53.2 Å². The zero-order chi connectivity index (χ0) is 17.6. The number of hydrogen-bond acceptors (Lipinski definition) is 2. The van der Waals surface area contributed by atoms with Gasteiger partial charge in [0.15, 0.2) is 0 Å². The summed E-state index contributed by atoms with van der Waals surface area (Å²) >= 11 is 0. The quantitative estimate of drug-likeness (QED) is 0.911. The molecule has 0 radical (unpaired) electrons. The van der Waals surface area contributed by atoms with Crippen LogP contribution in [0.1, 0.15) is 53.2 Å². The Kier molecular flexibility index (Phi) is 3.94. The highest BCUT2D eigenvalue weighted by Gasteiger charge is 2.44. The molecule has 0 aliphatic carbocycles. The summed E-state index contributed by atoms with van der Waals surface area (Å²) in [5.74, 6) is -0.0392. The number of H-pyrrole nitrogens is 1. The Morgan fingerprint density at radius 1 is 1.08 bits per heavy atom. The van der Waals surface area contributed by atoms with Crippen molar-refractivity contribution in [3.8, 4) is 0 Å². The Labute approximate surface area is 145 Å². The third-order valence-corrected chi connectivity index (χ3v) is 5.59. The fourth-order valence-corrected chi connectivity index (χ4v) is 4.40. The van der Waals surface area contributed by atoms with Crippen LogP contribution in [-0.4, -0.2) is 27.9 Å². The van der Waals surface area contributed by atoms with Crippen LogP contribution in [0.4, 0.5) is 4.39 Å². The normalized spacial score (nSPS) is 25.2. The van der Waals surface area contributed by atoms with Crippen molar-refractivity contribution in [1.82, 2.24) is 9.88 Å². The molecule has 2 fully saturated rings. The molecule has 4 nitrogen and oxygen atoms in total. The molecule has 0 unspecified atom stereocenters. The van der Waals surface area contributed by atoms with Gasteiger partial charge >= 0.3 is 0 Å². The molecular formula is C20H21FN2O2. The number of aryl methyl sites for hydroxylation is 1. The number of fused-ring (bicyclic) bond motifs is 2.